The Balaban J connectivity index is -0.000000480. The molecule has 0 saturated heterocycles. The Morgan fingerprint density at radius 2 is 1.38 bits per heavy atom. The number of benzene rings is 1. The number of nitrogens with one attached hydrogen (secondary N) is 1. The molecule has 1 aromatic carbocycles. The summed E-state index contributed by atoms with van der Waals surface area (Å²) in [6.07, 6.45) is 6.24. The summed E-state index contributed by atoms with van der Waals surface area (Å²) in [6.45, 7) is 20.8. The molecule has 3 N–H and O–H groups in total. The molecule has 0 saturated carbocycles. The van der Waals surface area contributed by atoms with Crippen molar-refractivity contribution in [1.29, 1.82) is 0 Å². The topological polar surface area (TPSA) is 110 Å². The van der Waals surface area contributed by atoms with E-state index in [1.165, 1.54) is 38.3 Å². The van der Waals surface area contributed by atoms with Gasteiger partial charge in [-0.15, -0.1) is 0 Å². The van der Waals surface area contributed by atoms with E-state index in [-0.39, 0.29) is 17.9 Å². The maximum atomic E-state index is 13.3. The normalized spacial score (nSPS) is 11.0. The molecule has 0 spiro atoms. The van der Waals surface area contributed by atoms with Crippen LogP contribution in [0.1, 0.15) is 99.5 Å². The Bertz CT molecular complexity index is 712. The van der Waals surface area contributed by atoms with Crippen LogP contribution < -0.4 is 11.1 Å². The second-order valence-electron chi connectivity index (χ2n) is 9.05. The van der Waals surface area contributed by atoms with Gasteiger partial charge in [-0.2, -0.15) is 0 Å². The molecule has 0 heterocycles. The number of nitrogens with two attached hydrogens (primary N) is 1. The van der Waals surface area contributed by atoms with E-state index in [4.69, 9.17) is 15.3 Å². The van der Waals surface area contributed by atoms with Crippen molar-refractivity contribution in [3.05, 3.63) is 35.4 Å². The van der Waals surface area contributed by atoms with Crippen molar-refractivity contribution in [2.45, 2.75) is 112 Å². The van der Waals surface area contributed by atoms with Crippen molar-refractivity contribution in [2.24, 2.45) is 11.7 Å². The lowest BCUT2D eigenvalue weighted by Gasteiger charge is -2.29. The fourth-order valence-electron chi connectivity index (χ4n) is 3.36. The van der Waals surface area contributed by atoms with Crippen LogP contribution in [0.25, 0.3) is 0 Å². The highest BCUT2D eigenvalue weighted by Gasteiger charge is 2.24. The van der Waals surface area contributed by atoms with Gasteiger partial charge in [-0.05, 0) is 49.3 Å². The maximum Gasteiger partial charge on any atom is 0.245 e. The van der Waals surface area contributed by atoms with E-state index in [9.17, 15) is 18.4 Å². The van der Waals surface area contributed by atoms with E-state index >= 15 is 0 Å². The second-order valence-corrected chi connectivity index (χ2v) is 9.05. The number of hydrogen-bond acceptors (Lipinski definition) is 5. The van der Waals surface area contributed by atoms with Crippen LogP contribution in [0.5, 0.6) is 0 Å². The average molecular weight is 560 g/mol. The summed E-state index contributed by atoms with van der Waals surface area (Å²) in [6, 6.07) is 2.48. The molecular formula is C30H55F2N3O4. The SMILES string of the molecule is C=O.C=O.CC.CCC(NC(C)=O)C(=O)N(CCC(C)C)CC[C@@H](N)Cc1cc(F)cc(F)c1.CCCCC. The standard InChI is InChI=1S/C21H33F2N3O2.C5H12.C2H6.2CH2O/c1-5-20(25-15(4)27)21(28)26(8-6-14(2)3)9-7-19(24)12-16-10-17(22)13-18(23)11-16;1-3-5-4-2;3*1-2/h10-11,13-14,19-20H,5-9,12,24H2,1-4H3,(H,25,27);3-5H2,1-2H3;1-2H3;2*1H2/t19-,20?;;;;/m1..../s1. The van der Waals surface area contributed by atoms with Crippen LogP contribution in [0, 0.1) is 17.6 Å². The number of unbranched alkanes of at least 4 members (excludes halogenated alkanes) is 2. The van der Waals surface area contributed by atoms with Crippen molar-refractivity contribution in [3.63, 3.8) is 0 Å². The summed E-state index contributed by atoms with van der Waals surface area (Å²) in [7, 11) is 0. The lowest BCUT2D eigenvalue weighted by Crippen LogP contribution is -2.49. The number of nitrogens with zero attached hydrogens (tertiary/aromatic N) is 1. The zero-order chi connectivity index (χ0) is 31.4. The lowest BCUT2D eigenvalue weighted by molar-refractivity contribution is -0.136. The fraction of sp³-hybridized carbons (Fsp3) is 0.667. The van der Waals surface area contributed by atoms with Gasteiger partial charge < -0.3 is 25.5 Å². The molecule has 1 rings (SSSR count). The number of carbonyl (C=O) groups excluding carboxylic acids is 4. The first-order valence-corrected chi connectivity index (χ1v) is 13.9. The second kappa shape index (κ2) is 29.9. The lowest BCUT2D eigenvalue weighted by atomic mass is 10.0. The van der Waals surface area contributed by atoms with E-state index < -0.39 is 17.7 Å². The molecule has 2 atom stereocenters. The van der Waals surface area contributed by atoms with Crippen LogP contribution in [0.3, 0.4) is 0 Å². The van der Waals surface area contributed by atoms with Crippen LogP contribution >= 0.6 is 0 Å². The fourth-order valence-corrected chi connectivity index (χ4v) is 3.36. The zero-order valence-electron chi connectivity index (χ0n) is 25.7. The van der Waals surface area contributed by atoms with Crippen molar-refractivity contribution >= 4 is 25.4 Å². The van der Waals surface area contributed by atoms with E-state index in [2.05, 4.69) is 33.0 Å². The van der Waals surface area contributed by atoms with Crippen molar-refractivity contribution in [2.75, 3.05) is 13.1 Å². The highest BCUT2D eigenvalue weighted by Crippen LogP contribution is 2.12. The predicted octanol–water partition coefficient (Wildman–Crippen LogP) is 5.87. The van der Waals surface area contributed by atoms with E-state index in [0.29, 0.717) is 43.8 Å². The molecule has 2 amide bonds. The molecule has 1 unspecified atom stereocenters. The Morgan fingerprint density at radius 3 is 1.74 bits per heavy atom. The molecule has 1 aromatic rings. The van der Waals surface area contributed by atoms with Gasteiger partial charge in [-0.1, -0.05) is 67.7 Å². The first-order valence-electron chi connectivity index (χ1n) is 13.9. The Morgan fingerprint density at radius 1 is 0.923 bits per heavy atom. The van der Waals surface area contributed by atoms with Gasteiger partial charge in [0.25, 0.3) is 0 Å². The molecule has 39 heavy (non-hydrogen) atoms. The molecule has 0 aliphatic rings. The van der Waals surface area contributed by atoms with Gasteiger partial charge in [0.05, 0.1) is 0 Å². The minimum atomic E-state index is -0.628. The van der Waals surface area contributed by atoms with Crippen molar-refractivity contribution in [1.82, 2.24) is 10.2 Å². The van der Waals surface area contributed by atoms with E-state index in [1.54, 1.807) is 4.90 Å². The number of rotatable bonds is 13. The summed E-state index contributed by atoms with van der Waals surface area (Å²) in [5, 5.41) is 2.69. The Labute approximate surface area is 236 Å². The monoisotopic (exact) mass is 559 g/mol. The van der Waals surface area contributed by atoms with Crippen LogP contribution in [0.2, 0.25) is 0 Å². The van der Waals surface area contributed by atoms with Gasteiger partial charge in [0.1, 0.15) is 31.3 Å². The Hall–Kier alpha value is -2.68. The smallest absolute Gasteiger partial charge is 0.245 e. The quantitative estimate of drug-likeness (QED) is 0.314. The van der Waals surface area contributed by atoms with Gasteiger partial charge in [-0.3, -0.25) is 9.59 Å². The number of halogens is 2. The van der Waals surface area contributed by atoms with E-state index in [0.717, 1.165) is 12.5 Å². The maximum absolute atomic E-state index is 13.3. The first-order chi connectivity index (χ1) is 18.5. The Kier molecular flexibility index (Phi) is 33.2. The third-order valence-corrected chi connectivity index (χ3v) is 5.27. The van der Waals surface area contributed by atoms with Crippen molar-refractivity contribution in [3.8, 4) is 0 Å². The molecule has 0 fully saturated rings. The minimum absolute atomic E-state index is 0.123. The van der Waals surface area contributed by atoms with Gasteiger partial charge in [0.2, 0.25) is 11.8 Å². The predicted molar refractivity (Wildman–Crippen MR) is 157 cm³/mol. The van der Waals surface area contributed by atoms with Gasteiger partial charge >= 0.3 is 0 Å². The summed E-state index contributed by atoms with van der Waals surface area (Å²) in [4.78, 5) is 42.0. The minimum Gasteiger partial charge on any atom is -0.345 e. The van der Waals surface area contributed by atoms with Gasteiger partial charge in [0.15, 0.2) is 0 Å². The van der Waals surface area contributed by atoms with Crippen LogP contribution in [0.15, 0.2) is 18.2 Å². The number of hydrogen-bond donors (Lipinski definition) is 2. The number of carbonyl (C=O) groups is 4. The zero-order valence-corrected chi connectivity index (χ0v) is 25.7. The summed E-state index contributed by atoms with van der Waals surface area (Å²) in [5.41, 5.74) is 6.64. The largest absolute Gasteiger partial charge is 0.345 e. The first kappa shape index (κ1) is 43.4. The molecule has 228 valence electrons. The van der Waals surface area contributed by atoms with Crippen LogP contribution in [-0.2, 0) is 25.6 Å². The third kappa shape index (κ3) is 25.4. The molecule has 9 heteroatoms. The summed E-state index contributed by atoms with van der Waals surface area (Å²) < 4.78 is 26.7. The molecule has 0 radical (unpaired) electrons. The molecule has 0 bridgehead atoms. The van der Waals surface area contributed by atoms with E-state index in [1.807, 2.05) is 34.3 Å². The molecular weight excluding hydrogens is 504 g/mol. The van der Waals surface area contributed by atoms with Crippen LogP contribution in [0.4, 0.5) is 8.78 Å². The van der Waals surface area contributed by atoms with Crippen molar-refractivity contribution < 1.29 is 28.0 Å². The molecule has 0 aliphatic carbocycles. The number of amides is 2. The van der Waals surface area contributed by atoms with Gasteiger partial charge in [0, 0.05) is 32.1 Å². The molecule has 0 aliphatic heterocycles. The average Bonchev–Trinajstić information content (AvgIpc) is 2.90. The molecule has 7 nitrogen and oxygen atoms in total. The summed E-state index contributed by atoms with van der Waals surface area (Å²) >= 11 is 0. The van der Waals surface area contributed by atoms with Gasteiger partial charge in [-0.25, -0.2) is 8.78 Å². The molecule has 0 aromatic heterocycles. The third-order valence-electron chi connectivity index (χ3n) is 5.27. The highest BCUT2D eigenvalue weighted by atomic mass is 19.1. The highest BCUT2D eigenvalue weighted by molar-refractivity contribution is 5.86. The van der Waals surface area contributed by atoms with Crippen LogP contribution in [-0.4, -0.2) is 55.5 Å². The summed E-state index contributed by atoms with van der Waals surface area (Å²) in [5.74, 6) is -1.19.